The third kappa shape index (κ3) is 3.22. The fraction of sp³-hybridized carbons (Fsp3) is 0.450. The normalized spacial score (nSPS) is 24.0. The van der Waals surface area contributed by atoms with Crippen molar-refractivity contribution < 1.29 is 9.18 Å². The van der Waals surface area contributed by atoms with Crippen LogP contribution in [0.2, 0.25) is 0 Å². The Bertz CT molecular complexity index is 888. The fourth-order valence-electron chi connectivity index (χ4n) is 4.70. The Kier molecular flexibility index (Phi) is 4.25. The van der Waals surface area contributed by atoms with Crippen molar-refractivity contribution >= 4 is 11.6 Å². The van der Waals surface area contributed by atoms with Crippen LogP contribution < -0.4 is 10.5 Å². The minimum absolute atomic E-state index is 0.0670. The summed E-state index contributed by atoms with van der Waals surface area (Å²) in [5.74, 6) is -0.0469. The Morgan fingerprint density at radius 2 is 1.96 bits per heavy atom. The molecular formula is C20H23FN4O2. The minimum Gasteiger partial charge on any atom is -0.363 e. The van der Waals surface area contributed by atoms with E-state index in [1.54, 1.807) is 0 Å². The third-order valence-corrected chi connectivity index (χ3v) is 5.73. The minimum atomic E-state index is -0.322. The lowest BCUT2D eigenvalue weighted by Gasteiger charge is -2.41. The number of halogens is 1. The van der Waals surface area contributed by atoms with Gasteiger partial charge in [0.05, 0.1) is 0 Å². The van der Waals surface area contributed by atoms with Crippen LogP contribution in [0, 0.1) is 11.7 Å². The first-order valence-corrected chi connectivity index (χ1v) is 9.25. The largest absolute Gasteiger partial charge is 0.363 e. The van der Waals surface area contributed by atoms with Crippen LogP contribution in [0.3, 0.4) is 0 Å². The number of aromatic nitrogens is 2. The zero-order valence-electron chi connectivity index (χ0n) is 15.5. The maximum atomic E-state index is 13.3. The highest BCUT2D eigenvalue weighted by Crippen LogP contribution is 2.44. The van der Waals surface area contributed by atoms with E-state index in [2.05, 4.69) is 28.9 Å². The molecule has 0 saturated carbocycles. The van der Waals surface area contributed by atoms with E-state index in [0.29, 0.717) is 25.0 Å². The highest BCUT2D eigenvalue weighted by molar-refractivity contribution is 5.92. The Hall–Kier alpha value is -2.70. The number of likely N-dealkylation sites (tertiary alicyclic amines) is 1. The molecule has 0 bridgehead atoms. The van der Waals surface area contributed by atoms with Crippen molar-refractivity contribution in [2.24, 2.45) is 5.92 Å². The van der Waals surface area contributed by atoms with Crippen LogP contribution in [0.4, 0.5) is 10.1 Å². The summed E-state index contributed by atoms with van der Waals surface area (Å²) >= 11 is 0. The van der Waals surface area contributed by atoms with E-state index in [1.165, 1.54) is 24.3 Å². The van der Waals surface area contributed by atoms with Gasteiger partial charge in [-0.15, -0.1) is 0 Å². The predicted octanol–water partition coefficient (Wildman–Crippen LogP) is 2.43. The molecule has 27 heavy (non-hydrogen) atoms. The maximum Gasteiger partial charge on any atom is 0.274 e. The number of fused-ring (bicyclic) bond motifs is 1. The van der Waals surface area contributed by atoms with Gasteiger partial charge < -0.3 is 9.80 Å². The Labute approximate surface area is 157 Å². The zero-order chi connectivity index (χ0) is 19.2. The summed E-state index contributed by atoms with van der Waals surface area (Å²) in [5, 5.41) is 6.18. The molecule has 4 rings (SSSR count). The second-order valence-electron chi connectivity index (χ2n) is 8.04. The topological polar surface area (TPSA) is 69.3 Å². The molecular weight excluding hydrogens is 347 g/mol. The van der Waals surface area contributed by atoms with Gasteiger partial charge in [0.1, 0.15) is 11.5 Å². The number of amides is 1. The second-order valence-corrected chi connectivity index (χ2v) is 8.04. The van der Waals surface area contributed by atoms with Crippen LogP contribution in [0.25, 0.3) is 0 Å². The van der Waals surface area contributed by atoms with Gasteiger partial charge in [0.15, 0.2) is 0 Å². The molecule has 2 aliphatic heterocycles. The van der Waals surface area contributed by atoms with Gasteiger partial charge in [-0.1, -0.05) is 0 Å². The SMILES string of the molecule is CC1(C)C[C@@H]2CN(C(=O)c3ccc(=O)[nH]n3)CC[C@@H]2N1c1ccc(F)cc1. The van der Waals surface area contributed by atoms with Gasteiger partial charge in [-0.25, -0.2) is 9.49 Å². The molecule has 7 heteroatoms. The quantitative estimate of drug-likeness (QED) is 0.882. The lowest BCUT2D eigenvalue weighted by Crippen LogP contribution is -2.50. The Balaban J connectivity index is 1.54. The maximum absolute atomic E-state index is 13.3. The van der Waals surface area contributed by atoms with E-state index in [9.17, 15) is 14.0 Å². The smallest absolute Gasteiger partial charge is 0.274 e. The van der Waals surface area contributed by atoms with Gasteiger partial charge in [0.25, 0.3) is 11.5 Å². The molecule has 0 spiro atoms. The molecule has 142 valence electrons. The summed E-state index contributed by atoms with van der Waals surface area (Å²) < 4.78 is 13.3. The van der Waals surface area contributed by atoms with Crippen molar-refractivity contribution in [2.45, 2.75) is 38.3 Å². The lowest BCUT2D eigenvalue weighted by molar-refractivity contribution is 0.0660. The van der Waals surface area contributed by atoms with Gasteiger partial charge in [0, 0.05) is 36.4 Å². The van der Waals surface area contributed by atoms with Crippen LogP contribution in [-0.4, -0.2) is 45.7 Å². The van der Waals surface area contributed by atoms with Crippen molar-refractivity contribution in [3.05, 3.63) is 58.3 Å². The van der Waals surface area contributed by atoms with Crippen LogP contribution in [-0.2, 0) is 0 Å². The standard InChI is InChI=1S/C20H23FN4O2/c1-20(2)11-13-12-24(19(27)16-7-8-18(26)23-22-16)10-9-17(13)25(20)15-5-3-14(21)4-6-15/h3-8,13,17H,9-12H2,1-2H3,(H,23,26)/t13-,17+/m1/s1. The number of carbonyl (C=O) groups excluding carboxylic acids is 1. The molecule has 2 aliphatic rings. The molecule has 1 aromatic heterocycles. The summed E-state index contributed by atoms with van der Waals surface area (Å²) in [6.45, 7) is 5.69. The molecule has 3 heterocycles. The molecule has 0 unspecified atom stereocenters. The average molecular weight is 370 g/mol. The monoisotopic (exact) mass is 370 g/mol. The van der Waals surface area contributed by atoms with Crippen LogP contribution in [0.15, 0.2) is 41.2 Å². The van der Waals surface area contributed by atoms with E-state index in [-0.39, 0.29) is 28.5 Å². The van der Waals surface area contributed by atoms with Crippen molar-refractivity contribution in [3.8, 4) is 0 Å². The number of hydrogen-bond acceptors (Lipinski definition) is 4. The van der Waals surface area contributed by atoms with Gasteiger partial charge in [0.2, 0.25) is 0 Å². The number of aromatic amines is 1. The van der Waals surface area contributed by atoms with E-state index in [4.69, 9.17) is 0 Å². The van der Waals surface area contributed by atoms with Gasteiger partial charge in [-0.2, -0.15) is 5.10 Å². The fourth-order valence-corrected chi connectivity index (χ4v) is 4.70. The summed E-state index contributed by atoms with van der Waals surface area (Å²) in [7, 11) is 0. The average Bonchev–Trinajstić information content (AvgIpc) is 2.91. The number of rotatable bonds is 2. The number of nitrogens with one attached hydrogen (secondary N) is 1. The molecule has 2 aromatic rings. The van der Waals surface area contributed by atoms with Crippen molar-refractivity contribution in [3.63, 3.8) is 0 Å². The number of piperidine rings is 1. The van der Waals surface area contributed by atoms with Gasteiger partial charge >= 0.3 is 0 Å². The third-order valence-electron chi connectivity index (χ3n) is 5.73. The molecule has 2 fully saturated rings. The number of nitrogens with zero attached hydrogens (tertiary/aromatic N) is 3. The van der Waals surface area contributed by atoms with Crippen molar-refractivity contribution in [1.29, 1.82) is 0 Å². The highest BCUT2D eigenvalue weighted by atomic mass is 19.1. The van der Waals surface area contributed by atoms with E-state index < -0.39 is 0 Å². The Morgan fingerprint density at radius 3 is 2.63 bits per heavy atom. The predicted molar refractivity (Wildman–Crippen MR) is 100 cm³/mol. The second kappa shape index (κ2) is 6.48. The van der Waals surface area contributed by atoms with Crippen LogP contribution in [0.1, 0.15) is 37.2 Å². The lowest BCUT2D eigenvalue weighted by atomic mass is 9.89. The van der Waals surface area contributed by atoms with Crippen molar-refractivity contribution in [2.75, 3.05) is 18.0 Å². The van der Waals surface area contributed by atoms with E-state index in [0.717, 1.165) is 18.5 Å². The molecule has 0 aliphatic carbocycles. The molecule has 1 amide bonds. The van der Waals surface area contributed by atoms with E-state index in [1.807, 2.05) is 17.0 Å². The summed E-state index contributed by atoms with van der Waals surface area (Å²) in [4.78, 5) is 28.1. The van der Waals surface area contributed by atoms with Crippen LogP contribution in [0.5, 0.6) is 0 Å². The first-order valence-electron chi connectivity index (χ1n) is 9.25. The molecule has 6 nitrogen and oxygen atoms in total. The first kappa shape index (κ1) is 17.7. The molecule has 2 atom stereocenters. The molecule has 1 N–H and O–H groups in total. The number of hydrogen-bond donors (Lipinski definition) is 1. The first-order chi connectivity index (χ1) is 12.8. The highest BCUT2D eigenvalue weighted by Gasteiger charge is 2.48. The number of carbonyl (C=O) groups is 1. The number of benzene rings is 1. The van der Waals surface area contributed by atoms with Crippen molar-refractivity contribution in [1.82, 2.24) is 15.1 Å². The van der Waals surface area contributed by atoms with Gasteiger partial charge in [-0.05, 0) is 62.9 Å². The summed E-state index contributed by atoms with van der Waals surface area (Å²) in [5.41, 5.74) is 0.900. The zero-order valence-corrected chi connectivity index (χ0v) is 15.5. The molecule has 0 radical (unpaired) electrons. The Morgan fingerprint density at radius 1 is 1.22 bits per heavy atom. The molecule has 1 aromatic carbocycles. The van der Waals surface area contributed by atoms with Gasteiger partial charge in [-0.3, -0.25) is 9.59 Å². The summed E-state index contributed by atoms with van der Waals surface area (Å²) in [6.07, 6.45) is 1.80. The van der Waals surface area contributed by atoms with Crippen LogP contribution >= 0.6 is 0 Å². The van der Waals surface area contributed by atoms with E-state index >= 15 is 0 Å². The number of H-pyrrole nitrogens is 1. The molecule has 2 saturated heterocycles. The number of anilines is 1. The summed E-state index contributed by atoms with van der Waals surface area (Å²) in [6, 6.07) is 9.78.